The number of carbonyl (C=O) groups excluding carboxylic acids is 2. The molecule has 1 N–H and O–H groups in total. The van der Waals surface area contributed by atoms with Crippen molar-refractivity contribution < 1.29 is 9.59 Å². The maximum absolute atomic E-state index is 11.8. The van der Waals surface area contributed by atoms with Crippen LogP contribution in [0, 0.1) is 11.3 Å². The van der Waals surface area contributed by atoms with E-state index < -0.39 is 5.91 Å². The summed E-state index contributed by atoms with van der Waals surface area (Å²) in [5.41, 5.74) is 0.816. The Balaban J connectivity index is 2.56. The number of unbranched alkanes of at least 4 members (excludes halogenated alkanes) is 1. The molecule has 0 heterocycles. The lowest BCUT2D eigenvalue weighted by Crippen LogP contribution is -2.31. The highest BCUT2D eigenvalue weighted by atomic mass is 16.2. The number of amides is 2. The molecule has 1 aromatic carbocycles. The Morgan fingerprint density at radius 3 is 2.70 bits per heavy atom. The van der Waals surface area contributed by atoms with Crippen molar-refractivity contribution in [2.75, 3.05) is 18.9 Å². The molecule has 20 heavy (non-hydrogen) atoms. The minimum atomic E-state index is -0.402. The van der Waals surface area contributed by atoms with Crippen LogP contribution in [-0.4, -0.2) is 30.3 Å². The molecule has 0 saturated carbocycles. The summed E-state index contributed by atoms with van der Waals surface area (Å²) in [5, 5.41) is 11.5. The fraction of sp³-hybridized carbons (Fsp3) is 0.400. The third-order valence-corrected chi connectivity index (χ3v) is 2.91. The second-order valence-electron chi connectivity index (χ2n) is 4.55. The van der Waals surface area contributed by atoms with Crippen molar-refractivity contribution in [3.63, 3.8) is 0 Å². The van der Waals surface area contributed by atoms with E-state index in [1.165, 1.54) is 0 Å². The number of hydrogen-bond donors (Lipinski definition) is 1. The molecule has 0 aromatic heterocycles. The second-order valence-corrected chi connectivity index (χ2v) is 4.55. The zero-order valence-corrected chi connectivity index (χ0v) is 11.8. The van der Waals surface area contributed by atoms with Crippen LogP contribution in [0.4, 0.5) is 5.69 Å². The molecular weight excluding hydrogens is 254 g/mol. The third-order valence-electron chi connectivity index (χ3n) is 2.91. The summed E-state index contributed by atoms with van der Waals surface area (Å²) >= 11 is 0. The lowest BCUT2D eigenvalue weighted by Gasteiger charge is -2.16. The van der Waals surface area contributed by atoms with Crippen molar-refractivity contribution in [1.29, 1.82) is 5.26 Å². The number of carbonyl (C=O) groups is 2. The SMILES string of the molecule is CCCCN(C)C(=O)CC(=O)Nc1ccccc1C#N. The molecule has 1 aromatic rings. The van der Waals surface area contributed by atoms with E-state index in [1.54, 1.807) is 36.2 Å². The number of benzene rings is 1. The van der Waals surface area contributed by atoms with Gasteiger partial charge in [0.2, 0.25) is 11.8 Å². The van der Waals surface area contributed by atoms with Crippen LogP contribution < -0.4 is 5.32 Å². The van der Waals surface area contributed by atoms with Crippen LogP contribution in [0.25, 0.3) is 0 Å². The van der Waals surface area contributed by atoms with Crippen molar-refractivity contribution >= 4 is 17.5 Å². The number of anilines is 1. The molecule has 0 radical (unpaired) electrons. The Morgan fingerprint density at radius 2 is 2.05 bits per heavy atom. The fourth-order valence-corrected chi connectivity index (χ4v) is 1.68. The smallest absolute Gasteiger partial charge is 0.233 e. The first-order chi connectivity index (χ1) is 9.58. The summed E-state index contributed by atoms with van der Waals surface area (Å²) in [6.45, 7) is 2.70. The lowest BCUT2D eigenvalue weighted by molar-refractivity contribution is -0.133. The Bertz CT molecular complexity index is 520. The molecule has 2 amide bonds. The van der Waals surface area contributed by atoms with E-state index in [0.717, 1.165) is 12.8 Å². The van der Waals surface area contributed by atoms with Crippen LogP contribution in [0.15, 0.2) is 24.3 Å². The third kappa shape index (κ3) is 4.73. The van der Waals surface area contributed by atoms with E-state index >= 15 is 0 Å². The molecule has 0 unspecified atom stereocenters. The van der Waals surface area contributed by atoms with E-state index in [-0.39, 0.29) is 12.3 Å². The molecule has 0 spiro atoms. The van der Waals surface area contributed by atoms with E-state index in [4.69, 9.17) is 5.26 Å². The van der Waals surface area contributed by atoms with Crippen molar-refractivity contribution in [3.05, 3.63) is 29.8 Å². The lowest BCUT2D eigenvalue weighted by atomic mass is 10.2. The average Bonchev–Trinajstić information content (AvgIpc) is 2.45. The van der Waals surface area contributed by atoms with Crippen molar-refractivity contribution in [2.45, 2.75) is 26.2 Å². The number of para-hydroxylation sites is 1. The van der Waals surface area contributed by atoms with Crippen LogP contribution in [0.5, 0.6) is 0 Å². The van der Waals surface area contributed by atoms with Gasteiger partial charge in [0.25, 0.3) is 0 Å². The predicted molar refractivity (Wildman–Crippen MR) is 76.9 cm³/mol. The van der Waals surface area contributed by atoms with Gasteiger partial charge in [0.05, 0.1) is 11.3 Å². The summed E-state index contributed by atoms with van der Waals surface area (Å²) in [5.74, 6) is -0.619. The fourth-order valence-electron chi connectivity index (χ4n) is 1.68. The number of hydrogen-bond acceptors (Lipinski definition) is 3. The standard InChI is InChI=1S/C15H19N3O2/c1-3-4-9-18(2)15(20)10-14(19)17-13-8-6-5-7-12(13)11-16/h5-8H,3-4,9-10H2,1-2H3,(H,17,19). The van der Waals surface area contributed by atoms with Gasteiger partial charge < -0.3 is 10.2 Å². The number of rotatable bonds is 6. The summed E-state index contributed by atoms with van der Waals surface area (Å²) in [7, 11) is 1.69. The average molecular weight is 273 g/mol. The highest BCUT2D eigenvalue weighted by molar-refractivity contribution is 6.04. The van der Waals surface area contributed by atoms with Crippen LogP contribution in [-0.2, 0) is 9.59 Å². The minimum Gasteiger partial charge on any atom is -0.345 e. The largest absolute Gasteiger partial charge is 0.345 e. The molecular formula is C15H19N3O2. The Kier molecular flexibility index (Phi) is 6.24. The first-order valence-electron chi connectivity index (χ1n) is 6.61. The van der Waals surface area contributed by atoms with Gasteiger partial charge in [-0.1, -0.05) is 25.5 Å². The van der Waals surface area contributed by atoms with Gasteiger partial charge in [-0.25, -0.2) is 0 Å². The van der Waals surface area contributed by atoms with E-state index in [9.17, 15) is 9.59 Å². The Labute approximate surface area is 119 Å². The molecule has 1 rings (SSSR count). The molecule has 0 aliphatic heterocycles. The molecule has 0 bridgehead atoms. The Hall–Kier alpha value is -2.35. The van der Waals surface area contributed by atoms with E-state index in [1.807, 2.05) is 13.0 Å². The first-order valence-corrected chi connectivity index (χ1v) is 6.61. The van der Waals surface area contributed by atoms with Crippen LogP contribution in [0.2, 0.25) is 0 Å². The zero-order chi connectivity index (χ0) is 15.0. The second kappa shape index (κ2) is 7.95. The quantitative estimate of drug-likeness (QED) is 0.807. The van der Waals surface area contributed by atoms with Gasteiger partial charge in [0.1, 0.15) is 12.5 Å². The summed E-state index contributed by atoms with van der Waals surface area (Å²) in [4.78, 5) is 25.2. The van der Waals surface area contributed by atoms with Gasteiger partial charge in [0, 0.05) is 13.6 Å². The van der Waals surface area contributed by atoms with E-state index in [2.05, 4.69) is 5.32 Å². The van der Waals surface area contributed by atoms with Gasteiger partial charge in [-0.2, -0.15) is 5.26 Å². The summed E-state index contributed by atoms with van der Waals surface area (Å²) < 4.78 is 0. The minimum absolute atomic E-state index is 0.208. The monoisotopic (exact) mass is 273 g/mol. The predicted octanol–water partition coefficient (Wildman–Crippen LogP) is 2.15. The first kappa shape index (κ1) is 15.7. The van der Waals surface area contributed by atoms with Crippen LogP contribution in [0.1, 0.15) is 31.7 Å². The van der Waals surface area contributed by atoms with Gasteiger partial charge in [-0.05, 0) is 18.6 Å². The molecule has 5 heteroatoms. The maximum atomic E-state index is 11.8. The molecule has 0 aliphatic carbocycles. The highest BCUT2D eigenvalue weighted by Crippen LogP contribution is 2.13. The number of nitrogens with one attached hydrogen (secondary N) is 1. The molecule has 0 saturated heterocycles. The van der Waals surface area contributed by atoms with Crippen LogP contribution >= 0.6 is 0 Å². The Morgan fingerprint density at radius 1 is 1.35 bits per heavy atom. The van der Waals surface area contributed by atoms with Crippen LogP contribution in [0.3, 0.4) is 0 Å². The maximum Gasteiger partial charge on any atom is 0.233 e. The summed E-state index contributed by atoms with van der Waals surface area (Å²) in [6.07, 6.45) is 1.71. The van der Waals surface area contributed by atoms with Crippen molar-refractivity contribution in [1.82, 2.24) is 4.90 Å². The molecule has 5 nitrogen and oxygen atoms in total. The normalized spacial score (nSPS) is 9.65. The highest BCUT2D eigenvalue weighted by Gasteiger charge is 2.14. The zero-order valence-electron chi connectivity index (χ0n) is 11.8. The topological polar surface area (TPSA) is 73.2 Å². The summed E-state index contributed by atoms with van der Waals surface area (Å²) in [6, 6.07) is 8.70. The molecule has 0 atom stereocenters. The van der Waals surface area contributed by atoms with Crippen molar-refractivity contribution in [3.8, 4) is 6.07 Å². The van der Waals surface area contributed by atoms with Gasteiger partial charge in [-0.15, -0.1) is 0 Å². The molecule has 0 fully saturated rings. The molecule has 106 valence electrons. The number of nitriles is 1. The molecule has 0 aliphatic rings. The van der Waals surface area contributed by atoms with Gasteiger partial charge >= 0.3 is 0 Å². The van der Waals surface area contributed by atoms with Crippen molar-refractivity contribution in [2.24, 2.45) is 0 Å². The van der Waals surface area contributed by atoms with Gasteiger partial charge in [-0.3, -0.25) is 9.59 Å². The van der Waals surface area contributed by atoms with Gasteiger partial charge in [0.15, 0.2) is 0 Å². The van der Waals surface area contributed by atoms with E-state index in [0.29, 0.717) is 17.8 Å². The number of nitrogens with zero attached hydrogens (tertiary/aromatic N) is 2.